The number of H-pyrrole nitrogens is 1. The number of aromatic nitrogens is 2. The Bertz CT molecular complexity index is 3070. The number of fused-ring (bicyclic) bond motifs is 2. The summed E-state index contributed by atoms with van der Waals surface area (Å²) in [4.78, 5) is 107. The average Bonchev–Trinajstić information content (AvgIpc) is 1.62. The number of carboxylic acids is 4. The zero-order valence-electron chi connectivity index (χ0n) is 58.2. The number of rotatable bonds is 45. The number of hydrogen-bond donors (Lipinski definition) is 25. The molecule has 0 saturated carbocycles. The highest BCUT2D eigenvalue weighted by atomic mass is 16.4. The van der Waals surface area contributed by atoms with E-state index in [9.17, 15) is 125 Å². The summed E-state index contributed by atoms with van der Waals surface area (Å²) in [7, 11) is 1.74. The molecule has 104 heavy (non-hydrogen) atoms. The number of carbonyl (C=O) groups is 7. The topological polar surface area (TPSA) is 604 Å². The van der Waals surface area contributed by atoms with Crippen molar-refractivity contribution >= 4 is 58.3 Å². The van der Waals surface area contributed by atoms with E-state index in [1.807, 2.05) is 24.3 Å². The Morgan fingerprint density at radius 2 is 1.15 bits per heavy atom. The molecule has 39 nitrogen and oxygen atoms in total. The molecule has 3 heterocycles. The Balaban J connectivity index is 1.32. The number of hydrogen-bond acceptors (Lipinski definition) is 31. The second-order valence-corrected chi connectivity index (χ2v) is 26.4. The molecule has 588 valence electrons. The summed E-state index contributed by atoms with van der Waals surface area (Å²) in [5, 5.41) is 201. The summed E-state index contributed by atoms with van der Waals surface area (Å²) in [6.45, 7) is -3.99. The van der Waals surface area contributed by atoms with Crippen molar-refractivity contribution in [1.29, 1.82) is 0 Å². The molecule has 2 aliphatic rings. The number of aliphatic hydroxyl groups is 14. The Labute approximate surface area is 600 Å². The van der Waals surface area contributed by atoms with Gasteiger partial charge >= 0.3 is 23.9 Å². The monoisotopic (exact) mass is 1480 g/mol. The second-order valence-electron chi connectivity index (χ2n) is 26.4. The Morgan fingerprint density at radius 1 is 0.615 bits per heavy atom. The lowest BCUT2D eigenvalue weighted by Gasteiger charge is -2.33. The van der Waals surface area contributed by atoms with E-state index >= 15 is 0 Å². The van der Waals surface area contributed by atoms with Crippen LogP contribution in [0.3, 0.4) is 0 Å². The van der Waals surface area contributed by atoms with Gasteiger partial charge in [0.25, 0.3) is 0 Å². The molecular weight excluding hydrogens is 1380 g/mol. The van der Waals surface area contributed by atoms with Gasteiger partial charge in [-0.3, -0.25) is 73.6 Å². The molecule has 3 aromatic rings. The molecule has 1 unspecified atom stereocenters. The SMILES string of the molecule is CN(Cc1nc2ccccc2[nH]1)[C@H](O)c1ccc2c(c1)CN(CCCCCCNC(=O)[C@H](CC[C@@H](O)NC[C@@H](O)[C@H](O)[C@@H](O)[C@@H](O)CO)N[C@H](O)[C@H](CCC(=O)NC[C@@H](O)[C@H](O)[C@H](O)[C@H](O)CO)NC(=O)CN1CCN(CC(=O)O)CCN(CC(=O)O)CCN(CC(=O)O)CC1)[C@H](O)C(CC(=O)O)N2. The fourth-order valence-electron chi connectivity index (χ4n) is 12.0. The number of unbranched alkanes of at least 4 members (excludes halogenated alkanes) is 3. The number of nitrogens with one attached hydrogen (secondary N) is 7. The highest BCUT2D eigenvalue weighted by molar-refractivity contribution is 5.82. The summed E-state index contributed by atoms with van der Waals surface area (Å²) in [5.41, 5.74) is 3.42. The largest absolute Gasteiger partial charge is 0.481 e. The van der Waals surface area contributed by atoms with Crippen LogP contribution in [-0.2, 0) is 46.7 Å². The molecule has 5 rings (SSSR count). The average molecular weight is 1490 g/mol. The Morgan fingerprint density at radius 3 is 1.70 bits per heavy atom. The zero-order valence-corrected chi connectivity index (χ0v) is 58.2. The van der Waals surface area contributed by atoms with E-state index in [1.165, 1.54) is 9.80 Å². The number of amides is 3. The van der Waals surface area contributed by atoms with Crippen molar-refractivity contribution in [2.75, 3.05) is 130 Å². The first-order valence-corrected chi connectivity index (χ1v) is 34.6. The van der Waals surface area contributed by atoms with Crippen molar-refractivity contribution in [3.8, 4) is 0 Å². The molecule has 3 amide bonds. The molecule has 2 aliphatic heterocycles. The van der Waals surface area contributed by atoms with Gasteiger partial charge < -0.3 is 118 Å². The number of carbonyl (C=O) groups excluding carboxylic acids is 3. The number of anilines is 1. The number of aliphatic hydroxyl groups excluding tert-OH is 14. The molecule has 15 atom stereocenters. The van der Waals surface area contributed by atoms with Gasteiger partial charge in [0.15, 0.2) is 0 Å². The van der Waals surface area contributed by atoms with Gasteiger partial charge in [0.05, 0.1) is 93.7 Å². The molecule has 39 heteroatoms. The van der Waals surface area contributed by atoms with Crippen LogP contribution >= 0.6 is 0 Å². The van der Waals surface area contributed by atoms with Gasteiger partial charge in [-0.1, -0.05) is 31.0 Å². The predicted molar refractivity (Wildman–Crippen MR) is 368 cm³/mol. The van der Waals surface area contributed by atoms with E-state index in [4.69, 9.17) is 0 Å². The highest BCUT2D eigenvalue weighted by Gasteiger charge is 2.36. The molecular formula is C65H108N14O25. The summed E-state index contributed by atoms with van der Waals surface area (Å²) >= 11 is 0. The minimum atomic E-state index is -2.05. The second kappa shape index (κ2) is 44.9. The Kier molecular flexibility index (Phi) is 37.9. The summed E-state index contributed by atoms with van der Waals surface area (Å²) in [6.07, 6.45) is -21.5. The number of carboxylic acid groups (broad SMARTS) is 4. The fraction of sp³-hybridized carbons (Fsp3) is 0.692. The van der Waals surface area contributed by atoms with Crippen LogP contribution in [0.1, 0.15) is 81.0 Å². The predicted octanol–water partition coefficient (Wildman–Crippen LogP) is -8.56. The number of nitrogens with zero attached hydrogens (tertiary/aromatic N) is 7. The molecule has 1 fully saturated rings. The van der Waals surface area contributed by atoms with Gasteiger partial charge in [-0.05, 0) is 74.5 Å². The van der Waals surface area contributed by atoms with Crippen molar-refractivity contribution in [1.82, 2.24) is 66.0 Å². The standard InChI is InChI=1S/C65H108N14O25/c1-74(31-50-70-41-8-4-5-9-42(41)71-50)64(103)38-10-11-40-39(26-38)30-79(65(104)45(69-40)27-54(89)90)17-7-3-2-6-16-66-62(101)43(12-14-51(86)67-28-46(82)58(97)60(99)48(84)36-80)73-63(102)44(13-15-52(87)68-29-47(83)59(98)61(100)49(85)37-81)72-53(88)32-75-18-20-76(33-55(91)92)22-24-78(35-57(95)96)25-23-77(21-19-75)34-56(93)94/h4-5,8-11,26,43-49,51,58-61,63-65,67,69,73,80-86,97-100,102-104H,2-3,6-7,12-25,27-37H2,1H3,(H,66,101)(H,68,87)(H,70,71)(H,72,88)(H,89,90)(H,91,92)(H,93,94)(H,95,96)/t43-,44-,45?,46+,47+,48-,49+,51+,58-,59-,60-,61+,63+,64+,65+/m0/s1. The lowest BCUT2D eigenvalue weighted by atomic mass is 10.0. The summed E-state index contributed by atoms with van der Waals surface area (Å²) in [6, 6.07) is 8.88. The molecule has 0 bridgehead atoms. The maximum absolute atomic E-state index is 14.3. The van der Waals surface area contributed by atoms with Crippen LogP contribution in [0.15, 0.2) is 42.5 Å². The van der Waals surface area contributed by atoms with Gasteiger partial charge in [0, 0.05) is 97.2 Å². The van der Waals surface area contributed by atoms with Crippen molar-refractivity contribution in [2.24, 2.45) is 0 Å². The minimum absolute atomic E-state index is 0.00522. The smallest absolute Gasteiger partial charge is 0.317 e. The van der Waals surface area contributed by atoms with Crippen LogP contribution in [0, 0.1) is 0 Å². The van der Waals surface area contributed by atoms with Crippen LogP contribution in [0.4, 0.5) is 5.69 Å². The molecule has 25 N–H and O–H groups in total. The number of imidazole rings is 1. The van der Waals surface area contributed by atoms with E-state index in [0.29, 0.717) is 54.9 Å². The molecule has 2 aromatic carbocycles. The first-order chi connectivity index (χ1) is 49.3. The van der Waals surface area contributed by atoms with Crippen molar-refractivity contribution < 1.29 is 125 Å². The van der Waals surface area contributed by atoms with E-state index in [2.05, 4.69) is 41.9 Å². The Hall–Kier alpha value is -6.88. The van der Waals surface area contributed by atoms with E-state index in [0.717, 1.165) is 11.0 Å². The molecule has 1 aromatic heterocycles. The van der Waals surface area contributed by atoms with Crippen molar-refractivity contribution in [2.45, 2.75) is 163 Å². The molecule has 1 saturated heterocycles. The number of benzene rings is 2. The van der Waals surface area contributed by atoms with Crippen LogP contribution in [0.5, 0.6) is 0 Å². The van der Waals surface area contributed by atoms with Crippen LogP contribution in [0.25, 0.3) is 11.0 Å². The summed E-state index contributed by atoms with van der Waals surface area (Å²) in [5.74, 6) is -6.49. The fourth-order valence-corrected chi connectivity index (χ4v) is 12.0. The van der Waals surface area contributed by atoms with Gasteiger partial charge in [-0.25, -0.2) is 4.98 Å². The number of aromatic amines is 1. The van der Waals surface area contributed by atoms with Gasteiger partial charge in [-0.15, -0.1) is 0 Å². The minimum Gasteiger partial charge on any atom is -0.481 e. The molecule has 0 spiro atoms. The van der Waals surface area contributed by atoms with Gasteiger partial charge in [-0.2, -0.15) is 0 Å². The zero-order chi connectivity index (χ0) is 76.7. The lowest BCUT2D eigenvalue weighted by Crippen LogP contribution is -2.58. The lowest BCUT2D eigenvalue weighted by molar-refractivity contribution is -0.140. The third-order valence-electron chi connectivity index (χ3n) is 18.1. The van der Waals surface area contributed by atoms with Crippen LogP contribution in [0.2, 0.25) is 0 Å². The molecule has 0 aliphatic carbocycles. The molecule has 0 radical (unpaired) electrons. The maximum Gasteiger partial charge on any atom is 0.317 e. The first-order valence-electron chi connectivity index (χ1n) is 34.6. The third kappa shape index (κ3) is 30.2. The number of aliphatic carboxylic acids is 4. The van der Waals surface area contributed by atoms with E-state index in [-0.39, 0.29) is 84.8 Å². The van der Waals surface area contributed by atoms with Crippen LogP contribution < -0.4 is 31.9 Å². The van der Waals surface area contributed by atoms with E-state index < -0.39 is 205 Å². The van der Waals surface area contributed by atoms with Gasteiger partial charge in [0.1, 0.15) is 67.4 Å². The van der Waals surface area contributed by atoms with Crippen LogP contribution in [-0.4, -0.2) is 384 Å². The van der Waals surface area contributed by atoms with Crippen molar-refractivity contribution in [3.05, 3.63) is 59.4 Å². The van der Waals surface area contributed by atoms with Crippen molar-refractivity contribution in [3.63, 3.8) is 0 Å². The van der Waals surface area contributed by atoms with Gasteiger partial charge in [0.2, 0.25) is 17.7 Å². The van der Waals surface area contributed by atoms with E-state index in [1.54, 1.807) is 44.8 Å². The first kappa shape index (κ1) is 87.8. The summed E-state index contributed by atoms with van der Waals surface area (Å²) < 4.78 is 0. The maximum atomic E-state index is 14.3. The normalized spacial score (nSPS) is 20.3. The number of para-hydroxylation sites is 2. The highest BCUT2D eigenvalue weighted by Crippen LogP contribution is 2.31. The quantitative estimate of drug-likeness (QED) is 0.0185. The third-order valence-corrected chi connectivity index (χ3v) is 18.1.